The second-order valence-corrected chi connectivity index (χ2v) is 18.4. The lowest BCUT2D eigenvalue weighted by atomic mass is 9.88. The van der Waals surface area contributed by atoms with Crippen LogP contribution in [0.15, 0.2) is 36.4 Å². The molecule has 0 N–H and O–H groups in total. The highest BCUT2D eigenvalue weighted by molar-refractivity contribution is 7.48. The number of fused-ring (bicyclic) bond motifs is 2. The largest absolute Gasteiger partial charge is 0.497 e. The minimum absolute atomic E-state index is 0.00106. The molecule has 1 aromatic rings. The molecular weight excluding hydrogens is 507 g/mol. The van der Waals surface area contributed by atoms with Gasteiger partial charge in [0.2, 0.25) is 0 Å². The summed E-state index contributed by atoms with van der Waals surface area (Å²) >= 11 is 0. The lowest BCUT2D eigenvalue weighted by Gasteiger charge is -2.39. The van der Waals surface area contributed by atoms with Crippen LogP contribution in [0.4, 0.5) is 0 Å². The van der Waals surface area contributed by atoms with Crippen molar-refractivity contribution in [3.05, 3.63) is 42.0 Å². The highest BCUT2D eigenvalue weighted by atomic mass is 31.2. The van der Waals surface area contributed by atoms with E-state index in [1.165, 1.54) is 0 Å². The highest BCUT2D eigenvalue weighted by Gasteiger charge is 2.41. The zero-order chi connectivity index (χ0) is 27.3. The van der Waals surface area contributed by atoms with Crippen LogP contribution >= 0.6 is 7.82 Å². The zero-order valence-corrected chi connectivity index (χ0v) is 25.8. The lowest BCUT2D eigenvalue weighted by Crippen LogP contribution is -2.43. The first kappa shape index (κ1) is 30.5. The van der Waals surface area contributed by atoms with E-state index in [1.807, 2.05) is 36.4 Å². The summed E-state index contributed by atoms with van der Waals surface area (Å²) in [6, 6.07) is 8.00. The topological polar surface area (TPSA) is 72.5 Å². The molecule has 9 heteroatoms. The molecule has 0 aliphatic carbocycles. The third-order valence-corrected chi connectivity index (χ3v) is 13.9. The molecule has 0 saturated carbocycles. The number of rotatable bonds is 12. The van der Waals surface area contributed by atoms with Gasteiger partial charge in [0.05, 0.1) is 38.6 Å². The average molecular weight is 555 g/mol. The first-order chi connectivity index (χ1) is 17.3. The summed E-state index contributed by atoms with van der Waals surface area (Å²) in [6.07, 6.45) is 5.71. The second kappa shape index (κ2) is 12.9. The van der Waals surface area contributed by atoms with E-state index in [1.54, 1.807) is 7.11 Å². The maximum atomic E-state index is 12.8. The number of ether oxygens (including phenoxy) is 2. The van der Waals surface area contributed by atoms with E-state index in [0.717, 1.165) is 24.2 Å². The number of hydrogen-bond acceptors (Lipinski definition) is 7. The average Bonchev–Trinajstić information content (AvgIpc) is 2.97. The SMILES string of the molecule is COc1ccc(CO[C@@H]([C@H](C)CC[C@H]2C[C@@H]3C=CCOP(=O)(O2)O3)[C@H](C)CO[Si](C)(C)C(C)(C)C)cc1. The molecule has 1 unspecified atom stereocenters. The van der Waals surface area contributed by atoms with Crippen LogP contribution in [0.1, 0.15) is 59.4 Å². The minimum atomic E-state index is -3.49. The summed E-state index contributed by atoms with van der Waals surface area (Å²) in [4.78, 5) is 0. The third-order valence-electron chi connectivity index (χ3n) is 7.90. The third kappa shape index (κ3) is 8.75. The Hall–Kier alpha value is -0.993. The molecule has 2 aliphatic heterocycles. The quantitative estimate of drug-likeness (QED) is 0.150. The van der Waals surface area contributed by atoms with Gasteiger partial charge in [0.25, 0.3) is 0 Å². The summed E-state index contributed by atoms with van der Waals surface area (Å²) in [6.45, 7) is 17.3. The fraction of sp³-hybridized carbons (Fsp3) is 0.714. The molecule has 0 radical (unpaired) electrons. The normalized spacial score (nSPS) is 26.8. The van der Waals surface area contributed by atoms with E-state index >= 15 is 0 Å². The van der Waals surface area contributed by atoms with Gasteiger partial charge in [-0.15, -0.1) is 0 Å². The van der Waals surface area contributed by atoms with E-state index in [4.69, 9.17) is 27.5 Å². The van der Waals surface area contributed by atoms with Crippen LogP contribution in [0.5, 0.6) is 5.75 Å². The van der Waals surface area contributed by atoms with Gasteiger partial charge in [-0.3, -0.25) is 13.6 Å². The van der Waals surface area contributed by atoms with Gasteiger partial charge < -0.3 is 13.9 Å². The first-order valence-electron chi connectivity index (χ1n) is 13.5. The van der Waals surface area contributed by atoms with Crippen LogP contribution in [0, 0.1) is 11.8 Å². The van der Waals surface area contributed by atoms with Crippen molar-refractivity contribution in [3.63, 3.8) is 0 Å². The summed E-state index contributed by atoms with van der Waals surface area (Å²) in [7, 11) is -3.69. The Morgan fingerprint density at radius 1 is 1.11 bits per heavy atom. The predicted molar refractivity (Wildman–Crippen MR) is 149 cm³/mol. The lowest BCUT2D eigenvalue weighted by molar-refractivity contribution is -0.0473. The van der Waals surface area contributed by atoms with Gasteiger partial charge in [0, 0.05) is 18.9 Å². The van der Waals surface area contributed by atoms with Crippen molar-refractivity contribution in [2.75, 3.05) is 20.3 Å². The second-order valence-electron chi connectivity index (χ2n) is 12.0. The summed E-state index contributed by atoms with van der Waals surface area (Å²) in [5.74, 6) is 1.30. The van der Waals surface area contributed by atoms with E-state index in [2.05, 4.69) is 47.7 Å². The smallest absolute Gasteiger partial charge is 0.475 e. The molecule has 1 aromatic carbocycles. The van der Waals surface area contributed by atoms with Gasteiger partial charge in [0.15, 0.2) is 8.32 Å². The van der Waals surface area contributed by atoms with Crippen molar-refractivity contribution in [1.82, 2.24) is 0 Å². The molecule has 6 atom stereocenters. The molecular formula is C28H47O7PSi. The maximum Gasteiger partial charge on any atom is 0.475 e. The first-order valence-corrected chi connectivity index (χ1v) is 17.9. The van der Waals surface area contributed by atoms with Crippen LogP contribution in [0.25, 0.3) is 0 Å². The van der Waals surface area contributed by atoms with Gasteiger partial charge >= 0.3 is 7.82 Å². The molecule has 0 aromatic heterocycles. The highest BCUT2D eigenvalue weighted by Crippen LogP contribution is 2.57. The fourth-order valence-electron chi connectivity index (χ4n) is 4.47. The molecule has 2 aliphatic rings. The summed E-state index contributed by atoms with van der Waals surface area (Å²) in [5.41, 5.74) is 1.11. The van der Waals surface area contributed by atoms with Crippen LogP contribution in [-0.4, -0.2) is 47.0 Å². The standard InChI is InChI=1S/C28H47O7PSi/c1-21(11-14-26-18-25-10-9-17-32-36(29,34-25)35-26)27(22(2)19-33-37(7,8)28(3,4)5)31-20-23-12-15-24(30-6)16-13-23/h9-10,12-13,15-16,21-22,25-27H,11,14,17-20H2,1-8H3/t21-,22-,25+,26+,27+,36?/m1/s1. The number of benzene rings is 1. The van der Waals surface area contributed by atoms with E-state index < -0.39 is 16.1 Å². The van der Waals surface area contributed by atoms with Crippen molar-refractivity contribution < 1.29 is 32.0 Å². The van der Waals surface area contributed by atoms with Crippen LogP contribution < -0.4 is 4.74 Å². The molecule has 2 heterocycles. The Balaban J connectivity index is 1.64. The molecule has 210 valence electrons. The molecule has 2 bridgehead atoms. The van der Waals surface area contributed by atoms with Crippen molar-refractivity contribution in [3.8, 4) is 5.75 Å². The van der Waals surface area contributed by atoms with E-state index in [-0.39, 0.29) is 41.8 Å². The number of phosphoric ester groups is 1. The van der Waals surface area contributed by atoms with Gasteiger partial charge in [-0.1, -0.05) is 58.9 Å². The molecule has 0 amide bonds. The minimum Gasteiger partial charge on any atom is -0.497 e. The van der Waals surface area contributed by atoms with Crippen LogP contribution in [0.2, 0.25) is 18.1 Å². The molecule has 0 spiro atoms. The zero-order valence-electron chi connectivity index (χ0n) is 23.9. The molecule has 7 nitrogen and oxygen atoms in total. The Morgan fingerprint density at radius 2 is 1.81 bits per heavy atom. The van der Waals surface area contributed by atoms with Crippen LogP contribution in [-0.2, 0) is 33.9 Å². The summed E-state index contributed by atoms with van der Waals surface area (Å²) in [5, 5.41) is 0.156. The van der Waals surface area contributed by atoms with Gasteiger partial charge in [-0.25, -0.2) is 4.57 Å². The Bertz CT molecular complexity index is 927. The molecule has 1 fully saturated rings. The Morgan fingerprint density at radius 3 is 2.46 bits per heavy atom. The van der Waals surface area contributed by atoms with Gasteiger partial charge in [-0.2, -0.15) is 0 Å². The monoisotopic (exact) mass is 554 g/mol. The van der Waals surface area contributed by atoms with Crippen molar-refractivity contribution >= 4 is 16.1 Å². The van der Waals surface area contributed by atoms with E-state index in [9.17, 15) is 4.57 Å². The Kier molecular flexibility index (Phi) is 10.7. The number of methoxy groups -OCH3 is 1. The predicted octanol–water partition coefficient (Wildman–Crippen LogP) is 7.52. The fourth-order valence-corrected chi connectivity index (χ4v) is 7.07. The number of phosphoric acid groups is 1. The van der Waals surface area contributed by atoms with Crippen molar-refractivity contribution in [2.24, 2.45) is 11.8 Å². The van der Waals surface area contributed by atoms with Gasteiger partial charge in [-0.05, 0) is 54.6 Å². The Labute approximate surface area is 224 Å². The summed E-state index contributed by atoms with van der Waals surface area (Å²) < 4.78 is 47.9. The molecule has 37 heavy (non-hydrogen) atoms. The number of hydrogen-bond donors (Lipinski definition) is 0. The van der Waals surface area contributed by atoms with Gasteiger partial charge in [0.1, 0.15) is 5.75 Å². The van der Waals surface area contributed by atoms with Crippen LogP contribution in [0.3, 0.4) is 0 Å². The molecule has 3 rings (SSSR count). The molecule has 1 saturated heterocycles. The van der Waals surface area contributed by atoms with Crippen molar-refractivity contribution in [2.45, 2.75) is 96.9 Å². The maximum absolute atomic E-state index is 12.8. The van der Waals surface area contributed by atoms with Crippen molar-refractivity contribution in [1.29, 1.82) is 0 Å². The van der Waals surface area contributed by atoms with E-state index in [0.29, 0.717) is 19.6 Å².